The number of hydrogen-bond acceptors (Lipinski definition) is 4. The Morgan fingerprint density at radius 2 is 2.20 bits per heavy atom. The second kappa shape index (κ2) is 7.96. The van der Waals surface area contributed by atoms with E-state index >= 15 is 0 Å². The van der Waals surface area contributed by atoms with Crippen LogP contribution in [0, 0.1) is 11.7 Å². The Morgan fingerprint density at radius 1 is 1.40 bits per heavy atom. The van der Waals surface area contributed by atoms with Gasteiger partial charge in [-0.2, -0.15) is 0 Å². The predicted octanol–water partition coefficient (Wildman–Crippen LogP) is 2.63. The molecule has 0 spiro atoms. The quantitative estimate of drug-likeness (QED) is 0.876. The Hall–Kier alpha value is -2.63. The van der Waals surface area contributed by atoms with Gasteiger partial charge in [-0.3, -0.25) is 9.78 Å². The van der Waals surface area contributed by atoms with E-state index in [0.717, 1.165) is 18.7 Å². The van der Waals surface area contributed by atoms with E-state index in [2.05, 4.69) is 15.2 Å². The van der Waals surface area contributed by atoms with E-state index in [1.807, 2.05) is 19.1 Å². The third kappa shape index (κ3) is 4.68. The second-order valence-electron chi connectivity index (χ2n) is 6.27. The number of nitrogens with one attached hydrogen (secondary N) is 1. The second-order valence-corrected chi connectivity index (χ2v) is 6.27. The fourth-order valence-corrected chi connectivity index (χ4v) is 2.97. The van der Waals surface area contributed by atoms with Crippen LogP contribution in [0.4, 0.5) is 10.1 Å². The molecule has 5 nitrogen and oxygen atoms in total. The van der Waals surface area contributed by atoms with Crippen molar-refractivity contribution in [3.8, 4) is 5.75 Å². The zero-order valence-electron chi connectivity index (χ0n) is 14.2. The number of carbonyl (C=O) groups excluding carboxylic acids is 1. The molecule has 0 saturated carbocycles. The monoisotopic (exact) mass is 343 g/mol. The zero-order valence-corrected chi connectivity index (χ0v) is 14.2. The van der Waals surface area contributed by atoms with Crippen LogP contribution in [0.1, 0.15) is 13.3 Å². The van der Waals surface area contributed by atoms with Crippen molar-refractivity contribution in [1.82, 2.24) is 10.3 Å². The largest absolute Gasteiger partial charge is 0.489 e. The number of nitrogens with zero attached hydrogens (tertiary/aromatic N) is 2. The minimum Gasteiger partial charge on any atom is -0.489 e. The molecular formula is C19H22FN3O2. The average molecular weight is 343 g/mol. The van der Waals surface area contributed by atoms with E-state index in [0.29, 0.717) is 18.8 Å². The molecule has 1 fully saturated rings. The number of anilines is 1. The first-order chi connectivity index (χ1) is 12.1. The van der Waals surface area contributed by atoms with Crippen molar-refractivity contribution < 1.29 is 13.9 Å². The van der Waals surface area contributed by atoms with E-state index in [4.69, 9.17) is 4.74 Å². The summed E-state index contributed by atoms with van der Waals surface area (Å²) >= 11 is 0. The molecule has 1 N–H and O–H groups in total. The summed E-state index contributed by atoms with van der Waals surface area (Å²) in [6, 6.07) is 9.91. The Labute approximate surface area is 146 Å². The van der Waals surface area contributed by atoms with E-state index in [1.54, 1.807) is 24.5 Å². The summed E-state index contributed by atoms with van der Waals surface area (Å²) < 4.78 is 18.8. The van der Waals surface area contributed by atoms with Crippen LogP contribution in [0.2, 0.25) is 0 Å². The molecule has 2 unspecified atom stereocenters. The Morgan fingerprint density at radius 3 is 2.96 bits per heavy atom. The number of ether oxygens (including phenoxy) is 1. The van der Waals surface area contributed by atoms with Gasteiger partial charge >= 0.3 is 0 Å². The van der Waals surface area contributed by atoms with Crippen LogP contribution in [0.5, 0.6) is 5.75 Å². The molecule has 0 aliphatic carbocycles. The number of aromatic nitrogens is 1. The third-order valence-electron chi connectivity index (χ3n) is 4.28. The topological polar surface area (TPSA) is 54.5 Å². The number of hydrogen-bond donors (Lipinski definition) is 1. The molecule has 1 amide bonds. The van der Waals surface area contributed by atoms with Crippen molar-refractivity contribution in [3.05, 3.63) is 54.6 Å². The smallest absolute Gasteiger partial charge is 0.225 e. The van der Waals surface area contributed by atoms with Crippen molar-refractivity contribution in [3.63, 3.8) is 0 Å². The fraction of sp³-hybridized carbons (Fsp3) is 0.368. The van der Waals surface area contributed by atoms with Gasteiger partial charge in [-0.25, -0.2) is 4.39 Å². The number of benzene rings is 1. The first kappa shape index (κ1) is 17.2. The zero-order chi connectivity index (χ0) is 17.6. The summed E-state index contributed by atoms with van der Waals surface area (Å²) in [6.45, 7) is 3.80. The Kier molecular flexibility index (Phi) is 5.48. The lowest BCUT2D eigenvalue weighted by atomic mass is 10.1. The number of rotatable bonds is 6. The van der Waals surface area contributed by atoms with Crippen molar-refractivity contribution in [2.24, 2.45) is 5.92 Å². The molecule has 1 aromatic heterocycles. The average Bonchev–Trinajstić information content (AvgIpc) is 3.11. The third-order valence-corrected chi connectivity index (χ3v) is 4.28. The standard InChI is InChI=1S/C19H22FN3O2/c1-14(25-18-4-2-3-16(20)11-18)12-22-19(24)15-7-10-23(13-15)17-5-8-21-9-6-17/h2-6,8-9,11,14-15H,7,10,12-13H2,1H3,(H,22,24). The van der Waals surface area contributed by atoms with Gasteiger partial charge in [-0.1, -0.05) is 6.07 Å². The number of carbonyl (C=O) groups is 1. The van der Waals surface area contributed by atoms with Gasteiger partial charge in [0.2, 0.25) is 5.91 Å². The molecule has 1 aliphatic rings. The molecule has 0 bridgehead atoms. The van der Waals surface area contributed by atoms with E-state index < -0.39 is 0 Å². The van der Waals surface area contributed by atoms with Gasteiger partial charge < -0.3 is 15.0 Å². The van der Waals surface area contributed by atoms with E-state index in [1.165, 1.54) is 12.1 Å². The predicted molar refractivity (Wildman–Crippen MR) is 94.1 cm³/mol. The highest BCUT2D eigenvalue weighted by molar-refractivity contribution is 5.80. The van der Waals surface area contributed by atoms with Crippen LogP contribution in [0.25, 0.3) is 0 Å². The van der Waals surface area contributed by atoms with Gasteiger partial charge in [0, 0.05) is 37.2 Å². The van der Waals surface area contributed by atoms with Crippen LogP contribution in [-0.4, -0.2) is 36.6 Å². The number of pyridine rings is 1. The van der Waals surface area contributed by atoms with Crippen molar-refractivity contribution in [2.75, 3.05) is 24.5 Å². The van der Waals surface area contributed by atoms with Gasteiger partial charge in [-0.05, 0) is 37.6 Å². The molecule has 2 aromatic rings. The minimum absolute atomic E-state index is 0.0328. The lowest BCUT2D eigenvalue weighted by Gasteiger charge is -2.19. The minimum atomic E-state index is -0.337. The maximum absolute atomic E-state index is 13.2. The normalized spacial score (nSPS) is 18.0. The first-order valence-corrected chi connectivity index (χ1v) is 8.47. The maximum Gasteiger partial charge on any atom is 0.225 e. The summed E-state index contributed by atoms with van der Waals surface area (Å²) in [4.78, 5) is 18.6. The van der Waals surface area contributed by atoms with Crippen LogP contribution < -0.4 is 15.0 Å². The molecule has 1 aliphatic heterocycles. The molecule has 6 heteroatoms. The van der Waals surface area contributed by atoms with Gasteiger partial charge in [0.25, 0.3) is 0 Å². The molecule has 2 heterocycles. The molecule has 1 aromatic carbocycles. The first-order valence-electron chi connectivity index (χ1n) is 8.47. The SMILES string of the molecule is CC(CNC(=O)C1CCN(c2ccncc2)C1)Oc1cccc(F)c1. The highest BCUT2D eigenvalue weighted by Gasteiger charge is 2.28. The van der Waals surface area contributed by atoms with E-state index in [-0.39, 0.29) is 23.7 Å². The molecular weight excluding hydrogens is 321 g/mol. The molecule has 25 heavy (non-hydrogen) atoms. The fourth-order valence-electron chi connectivity index (χ4n) is 2.97. The lowest BCUT2D eigenvalue weighted by molar-refractivity contribution is -0.124. The van der Waals surface area contributed by atoms with Crippen molar-refractivity contribution in [1.29, 1.82) is 0 Å². The lowest BCUT2D eigenvalue weighted by Crippen LogP contribution is -2.38. The van der Waals surface area contributed by atoms with Crippen LogP contribution in [-0.2, 0) is 4.79 Å². The summed E-state index contributed by atoms with van der Waals surface area (Å²) in [5, 5.41) is 2.93. The van der Waals surface area contributed by atoms with E-state index in [9.17, 15) is 9.18 Å². The highest BCUT2D eigenvalue weighted by atomic mass is 19.1. The summed E-state index contributed by atoms with van der Waals surface area (Å²) in [5.41, 5.74) is 1.09. The molecule has 0 radical (unpaired) electrons. The Bertz CT molecular complexity index is 711. The number of amides is 1. The summed E-state index contributed by atoms with van der Waals surface area (Å²) in [7, 11) is 0. The van der Waals surface area contributed by atoms with Gasteiger partial charge in [0.05, 0.1) is 12.5 Å². The summed E-state index contributed by atoms with van der Waals surface area (Å²) in [5.74, 6) is 0.128. The summed E-state index contributed by atoms with van der Waals surface area (Å²) in [6.07, 6.45) is 4.11. The van der Waals surface area contributed by atoms with Crippen LogP contribution in [0.3, 0.4) is 0 Å². The van der Waals surface area contributed by atoms with Crippen LogP contribution in [0.15, 0.2) is 48.8 Å². The van der Waals surface area contributed by atoms with Gasteiger partial charge in [-0.15, -0.1) is 0 Å². The van der Waals surface area contributed by atoms with Crippen LogP contribution >= 0.6 is 0 Å². The van der Waals surface area contributed by atoms with Gasteiger partial charge in [0.15, 0.2) is 0 Å². The number of halogens is 1. The Balaban J connectivity index is 1.45. The highest BCUT2D eigenvalue weighted by Crippen LogP contribution is 2.23. The van der Waals surface area contributed by atoms with Crippen molar-refractivity contribution in [2.45, 2.75) is 19.4 Å². The maximum atomic E-state index is 13.2. The van der Waals surface area contributed by atoms with Crippen molar-refractivity contribution >= 4 is 11.6 Å². The molecule has 2 atom stereocenters. The molecule has 3 rings (SSSR count). The molecule has 1 saturated heterocycles. The van der Waals surface area contributed by atoms with Gasteiger partial charge in [0.1, 0.15) is 17.7 Å². The molecule has 132 valence electrons.